The number of rotatable bonds is 6. The van der Waals surface area contributed by atoms with Gasteiger partial charge < -0.3 is 10.2 Å². The van der Waals surface area contributed by atoms with E-state index in [1.54, 1.807) is 12.1 Å². The van der Waals surface area contributed by atoms with Crippen LogP contribution >= 0.6 is 0 Å². The van der Waals surface area contributed by atoms with Gasteiger partial charge in [-0.05, 0) is 17.7 Å². The average Bonchev–Trinajstić information content (AvgIpc) is 2.88. The van der Waals surface area contributed by atoms with Gasteiger partial charge in [-0.15, -0.1) is 0 Å². The van der Waals surface area contributed by atoms with Crippen molar-refractivity contribution in [2.24, 2.45) is 0 Å². The fourth-order valence-electron chi connectivity index (χ4n) is 2.55. The quantitative estimate of drug-likeness (QED) is 0.795. The predicted octanol–water partition coefficient (Wildman–Crippen LogP) is 1.49. The van der Waals surface area contributed by atoms with Crippen molar-refractivity contribution in [3.63, 3.8) is 0 Å². The summed E-state index contributed by atoms with van der Waals surface area (Å²) in [5.41, 5.74) is 1.25. The summed E-state index contributed by atoms with van der Waals surface area (Å²) in [4.78, 5) is 52.7. The third-order valence-corrected chi connectivity index (χ3v) is 3.81. The van der Waals surface area contributed by atoms with Crippen molar-refractivity contribution >= 4 is 23.7 Å². The summed E-state index contributed by atoms with van der Waals surface area (Å²) >= 11 is 0. The fraction of sp³-hybridized carbons (Fsp3) is 0.158. The van der Waals surface area contributed by atoms with E-state index in [2.05, 4.69) is 5.32 Å². The Bertz CT molecular complexity index is 828. The van der Waals surface area contributed by atoms with Crippen LogP contribution in [-0.2, 0) is 20.8 Å². The van der Waals surface area contributed by atoms with Crippen molar-refractivity contribution in [2.75, 3.05) is 6.54 Å². The molecule has 26 heavy (non-hydrogen) atoms. The van der Waals surface area contributed by atoms with Crippen LogP contribution < -0.4 is 5.32 Å². The van der Waals surface area contributed by atoms with Gasteiger partial charge in [-0.1, -0.05) is 47.5 Å². The molecule has 0 radical (unpaired) electrons. The first-order valence-electron chi connectivity index (χ1n) is 8.05. The fourth-order valence-corrected chi connectivity index (χ4v) is 2.55. The molecule has 7 heteroatoms. The van der Waals surface area contributed by atoms with E-state index >= 15 is 0 Å². The number of hydrogen-bond acceptors (Lipinski definition) is 5. The molecule has 132 valence electrons. The highest BCUT2D eigenvalue weighted by Crippen LogP contribution is 2.22. The molecule has 0 fully saturated rings. The second-order valence-corrected chi connectivity index (χ2v) is 5.68. The minimum absolute atomic E-state index is 0.0493. The zero-order valence-corrected chi connectivity index (χ0v) is 13.8. The first-order chi connectivity index (χ1) is 12.6. The van der Waals surface area contributed by atoms with Crippen LogP contribution in [0.15, 0.2) is 54.6 Å². The molecular formula is C19H16N2O5. The lowest BCUT2D eigenvalue weighted by molar-refractivity contribution is -0.168. The Morgan fingerprint density at radius 3 is 2.08 bits per heavy atom. The van der Waals surface area contributed by atoms with E-state index in [-0.39, 0.29) is 36.4 Å². The maximum atomic E-state index is 12.1. The molecule has 0 spiro atoms. The third kappa shape index (κ3) is 3.77. The van der Waals surface area contributed by atoms with E-state index in [0.29, 0.717) is 5.06 Å². The van der Waals surface area contributed by atoms with Crippen molar-refractivity contribution in [1.82, 2.24) is 10.4 Å². The Morgan fingerprint density at radius 1 is 0.885 bits per heavy atom. The average molecular weight is 352 g/mol. The Labute approximate surface area is 149 Å². The Kier molecular flexibility index (Phi) is 5.07. The highest BCUT2D eigenvalue weighted by molar-refractivity contribution is 6.20. The normalized spacial score (nSPS) is 12.7. The molecule has 0 unspecified atom stereocenters. The highest BCUT2D eigenvalue weighted by atomic mass is 16.7. The number of carbonyl (C=O) groups excluding carboxylic acids is 4. The first kappa shape index (κ1) is 17.3. The summed E-state index contributed by atoms with van der Waals surface area (Å²) in [7, 11) is 0. The van der Waals surface area contributed by atoms with E-state index in [1.165, 1.54) is 12.1 Å². The number of nitrogens with zero attached hydrogens (tertiary/aromatic N) is 1. The lowest BCUT2D eigenvalue weighted by Crippen LogP contribution is -2.34. The Morgan fingerprint density at radius 2 is 1.46 bits per heavy atom. The largest absolute Gasteiger partial charge is 0.355 e. The van der Waals surface area contributed by atoms with Gasteiger partial charge >= 0.3 is 5.97 Å². The molecule has 1 aliphatic heterocycles. The number of hydroxylamine groups is 2. The van der Waals surface area contributed by atoms with Crippen LogP contribution in [-0.4, -0.2) is 35.3 Å². The predicted molar refractivity (Wildman–Crippen MR) is 90.8 cm³/mol. The molecule has 2 aromatic rings. The molecule has 1 aliphatic rings. The summed E-state index contributed by atoms with van der Waals surface area (Å²) < 4.78 is 0. The van der Waals surface area contributed by atoms with Crippen molar-refractivity contribution in [2.45, 2.75) is 12.8 Å². The molecule has 0 saturated carbocycles. The van der Waals surface area contributed by atoms with Gasteiger partial charge in [0, 0.05) is 6.54 Å². The monoisotopic (exact) mass is 352 g/mol. The lowest BCUT2D eigenvalue weighted by Gasteiger charge is -2.12. The number of hydrogen-bond donors (Lipinski definition) is 1. The number of nitrogens with one attached hydrogen (secondary N) is 1. The van der Waals surface area contributed by atoms with Crippen molar-refractivity contribution in [3.8, 4) is 0 Å². The molecule has 0 aromatic heterocycles. The minimum atomic E-state index is -0.778. The minimum Gasteiger partial charge on any atom is -0.355 e. The van der Waals surface area contributed by atoms with Crippen LogP contribution in [0, 0.1) is 0 Å². The molecule has 1 heterocycles. The number of benzene rings is 2. The molecule has 0 saturated heterocycles. The van der Waals surface area contributed by atoms with Gasteiger partial charge in [0.05, 0.1) is 24.0 Å². The SMILES string of the molecule is O=C(Cc1ccccc1)NCCC(=O)ON1C(=O)c2ccccc2C1=O. The molecule has 1 N–H and O–H groups in total. The van der Waals surface area contributed by atoms with E-state index < -0.39 is 17.8 Å². The van der Waals surface area contributed by atoms with Crippen molar-refractivity contribution in [3.05, 3.63) is 71.3 Å². The topological polar surface area (TPSA) is 92.8 Å². The summed E-state index contributed by atoms with van der Waals surface area (Å²) in [6, 6.07) is 15.4. The smallest absolute Gasteiger partial charge is 0.335 e. The van der Waals surface area contributed by atoms with Crippen molar-refractivity contribution in [1.29, 1.82) is 0 Å². The van der Waals surface area contributed by atoms with Crippen LogP contribution in [0.1, 0.15) is 32.7 Å². The second kappa shape index (κ2) is 7.60. The van der Waals surface area contributed by atoms with Crippen LogP contribution in [0.4, 0.5) is 0 Å². The van der Waals surface area contributed by atoms with Gasteiger partial charge in [0.25, 0.3) is 11.8 Å². The van der Waals surface area contributed by atoms with Gasteiger partial charge in [-0.25, -0.2) is 4.79 Å². The molecule has 0 aliphatic carbocycles. The maximum Gasteiger partial charge on any atom is 0.335 e. The van der Waals surface area contributed by atoms with Crippen molar-refractivity contribution < 1.29 is 24.0 Å². The Balaban J connectivity index is 1.46. The van der Waals surface area contributed by atoms with E-state index in [0.717, 1.165) is 5.56 Å². The molecule has 2 aromatic carbocycles. The van der Waals surface area contributed by atoms with Gasteiger partial charge in [0.15, 0.2) is 0 Å². The van der Waals surface area contributed by atoms with Gasteiger partial charge in [0.1, 0.15) is 0 Å². The zero-order chi connectivity index (χ0) is 18.5. The lowest BCUT2D eigenvalue weighted by atomic mass is 10.1. The summed E-state index contributed by atoms with van der Waals surface area (Å²) in [5.74, 6) is -2.36. The van der Waals surface area contributed by atoms with Gasteiger partial charge in [0.2, 0.25) is 5.91 Å². The highest BCUT2D eigenvalue weighted by Gasteiger charge is 2.38. The van der Waals surface area contributed by atoms with Crippen LogP contribution in [0.2, 0.25) is 0 Å². The molecule has 7 nitrogen and oxygen atoms in total. The summed E-state index contributed by atoms with van der Waals surface area (Å²) in [6.07, 6.45) is 0.0439. The second-order valence-electron chi connectivity index (χ2n) is 5.68. The van der Waals surface area contributed by atoms with Gasteiger partial charge in [-0.3, -0.25) is 14.4 Å². The standard InChI is InChI=1S/C19H16N2O5/c22-16(12-13-6-2-1-3-7-13)20-11-10-17(23)26-21-18(24)14-8-4-5-9-15(14)19(21)25/h1-9H,10-12H2,(H,20,22). The van der Waals surface area contributed by atoms with E-state index in [1.807, 2.05) is 30.3 Å². The molecule has 3 rings (SSSR count). The number of fused-ring (bicyclic) bond motifs is 1. The molecule has 3 amide bonds. The number of imide groups is 1. The first-order valence-corrected chi connectivity index (χ1v) is 8.05. The number of carbonyl (C=O) groups is 4. The third-order valence-electron chi connectivity index (χ3n) is 3.81. The maximum absolute atomic E-state index is 12.1. The Hall–Kier alpha value is -3.48. The van der Waals surface area contributed by atoms with E-state index in [4.69, 9.17) is 4.84 Å². The van der Waals surface area contributed by atoms with Crippen LogP contribution in [0.5, 0.6) is 0 Å². The van der Waals surface area contributed by atoms with Gasteiger partial charge in [-0.2, -0.15) is 0 Å². The molecular weight excluding hydrogens is 336 g/mol. The van der Waals surface area contributed by atoms with E-state index in [9.17, 15) is 19.2 Å². The molecule has 0 atom stereocenters. The summed E-state index contributed by atoms with van der Waals surface area (Å²) in [6.45, 7) is 0.0493. The van der Waals surface area contributed by atoms with Crippen LogP contribution in [0.25, 0.3) is 0 Å². The zero-order valence-electron chi connectivity index (χ0n) is 13.8. The van der Waals surface area contributed by atoms with Crippen LogP contribution in [0.3, 0.4) is 0 Å². The molecule has 0 bridgehead atoms. The summed E-state index contributed by atoms with van der Waals surface area (Å²) in [5, 5.41) is 3.06. The number of amides is 3.